The van der Waals surface area contributed by atoms with Crippen LogP contribution in [0.2, 0.25) is 0 Å². The fourth-order valence-electron chi connectivity index (χ4n) is 1.58. The van der Waals surface area contributed by atoms with Gasteiger partial charge in [0, 0.05) is 6.54 Å². The molecule has 0 bridgehead atoms. The number of hydrogen-bond acceptors (Lipinski definition) is 4. The highest BCUT2D eigenvalue weighted by Gasteiger charge is 2.05. The second-order valence-electron chi connectivity index (χ2n) is 4.09. The van der Waals surface area contributed by atoms with E-state index in [0.717, 1.165) is 17.9 Å². The number of nitrogens with zero attached hydrogens (tertiary/aromatic N) is 1. The van der Waals surface area contributed by atoms with Crippen molar-refractivity contribution in [1.82, 2.24) is 4.98 Å². The van der Waals surface area contributed by atoms with Crippen molar-refractivity contribution in [3.63, 3.8) is 0 Å². The van der Waals surface area contributed by atoms with Crippen LogP contribution in [-0.2, 0) is 6.54 Å². The number of rotatable bonds is 6. The van der Waals surface area contributed by atoms with E-state index in [0.29, 0.717) is 24.7 Å². The molecule has 0 unspecified atom stereocenters. The van der Waals surface area contributed by atoms with Gasteiger partial charge in [-0.05, 0) is 30.7 Å². The van der Waals surface area contributed by atoms with E-state index >= 15 is 0 Å². The zero-order valence-electron chi connectivity index (χ0n) is 11.0. The minimum absolute atomic E-state index is 0.427. The molecule has 0 amide bonds. The average molecular weight is 258 g/mol. The molecule has 0 aliphatic carbocycles. The molecule has 0 saturated carbocycles. The molecule has 0 fully saturated rings. The van der Waals surface area contributed by atoms with E-state index in [1.165, 1.54) is 0 Å². The van der Waals surface area contributed by atoms with E-state index in [1.54, 1.807) is 6.20 Å². The van der Waals surface area contributed by atoms with Crippen molar-refractivity contribution in [3.8, 4) is 17.2 Å². The molecule has 4 heteroatoms. The van der Waals surface area contributed by atoms with Crippen LogP contribution in [0.1, 0.15) is 19.0 Å². The maximum absolute atomic E-state index is 5.78. The molecule has 2 rings (SSSR count). The van der Waals surface area contributed by atoms with Gasteiger partial charge < -0.3 is 15.2 Å². The first kappa shape index (κ1) is 13.4. The monoisotopic (exact) mass is 258 g/mol. The molecule has 0 radical (unpaired) electrons. The highest BCUT2D eigenvalue weighted by molar-refractivity contribution is 5.42. The Morgan fingerprint density at radius 2 is 1.89 bits per heavy atom. The summed E-state index contributed by atoms with van der Waals surface area (Å²) in [5, 5.41) is 0. The van der Waals surface area contributed by atoms with Gasteiger partial charge in [-0.3, -0.25) is 4.98 Å². The third-order valence-corrected chi connectivity index (χ3v) is 2.55. The predicted molar refractivity (Wildman–Crippen MR) is 74.4 cm³/mol. The standard InChI is InChI=1S/C15H18N2O2/c1-2-9-18-14-5-3-4-6-15(14)19-13-8-7-12(10-16)17-11-13/h3-8,11H,2,9-10,16H2,1H3. The molecular formula is C15H18N2O2. The Labute approximate surface area is 113 Å². The van der Waals surface area contributed by atoms with Crippen LogP contribution in [0.5, 0.6) is 17.2 Å². The van der Waals surface area contributed by atoms with Gasteiger partial charge in [-0.25, -0.2) is 0 Å². The number of pyridine rings is 1. The first-order chi connectivity index (χ1) is 9.33. The highest BCUT2D eigenvalue weighted by Crippen LogP contribution is 2.30. The van der Waals surface area contributed by atoms with Gasteiger partial charge in [0.05, 0.1) is 18.5 Å². The minimum atomic E-state index is 0.427. The average Bonchev–Trinajstić information content (AvgIpc) is 2.47. The smallest absolute Gasteiger partial charge is 0.169 e. The Morgan fingerprint density at radius 3 is 2.53 bits per heavy atom. The van der Waals surface area contributed by atoms with Gasteiger partial charge in [-0.1, -0.05) is 19.1 Å². The van der Waals surface area contributed by atoms with E-state index in [2.05, 4.69) is 11.9 Å². The van der Waals surface area contributed by atoms with E-state index in [4.69, 9.17) is 15.2 Å². The number of hydrogen-bond donors (Lipinski definition) is 1. The normalized spacial score (nSPS) is 10.2. The molecule has 1 aromatic carbocycles. The lowest BCUT2D eigenvalue weighted by Gasteiger charge is -2.11. The molecule has 0 spiro atoms. The number of para-hydroxylation sites is 2. The zero-order valence-corrected chi connectivity index (χ0v) is 11.0. The maximum Gasteiger partial charge on any atom is 0.169 e. The van der Waals surface area contributed by atoms with Crippen molar-refractivity contribution in [1.29, 1.82) is 0 Å². The summed E-state index contributed by atoms with van der Waals surface area (Å²) in [7, 11) is 0. The molecular weight excluding hydrogens is 240 g/mol. The van der Waals surface area contributed by atoms with Gasteiger partial charge in [0.2, 0.25) is 0 Å². The number of nitrogens with two attached hydrogens (primary N) is 1. The van der Waals surface area contributed by atoms with Crippen LogP contribution >= 0.6 is 0 Å². The van der Waals surface area contributed by atoms with E-state index in [9.17, 15) is 0 Å². The minimum Gasteiger partial charge on any atom is -0.490 e. The number of benzene rings is 1. The summed E-state index contributed by atoms with van der Waals surface area (Å²) in [4.78, 5) is 4.19. The topological polar surface area (TPSA) is 57.4 Å². The van der Waals surface area contributed by atoms with Crippen LogP contribution in [0.4, 0.5) is 0 Å². The summed E-state index contributed by atoms with van der Waals surface area (Å²) in [6.45, 7) is 3.17. The summed E-state index contributed by atoms with van der Waals surface area (Å²) in [6.07, 6.45) is 2.62. The molecule has 0 aliphatic heterocycles. The molecule has 0 aliphatic rings. The Kier molecular flexibility index (Phi) is 4.75. The van der Waals surface area contributed by atoms with Gasteiger partial charge >= 0.3 is 0 Å². The highest BCUT2D eigenvalue weighted by atomic mass is 16.5. The van der Waals surface area contributed by atoms with Crippen molar-refractivity contribution < 1.29 is 9.47 Å². The van der Waals surface area contributed by atoms with Gasteiger partial charge in [0.15, 0.2) is 11.5 Å². The Morgan fingerprint density at radius 1 is 1.11 bits per heavy atom. The van der Waals surface area contributed by atoms with Crippen molar-refractivity contribution in [2.24, 2.45) is 5.73 Å². The Hall–Kier alpha value is -2.07. The van der Waals surface area contributed by atoms with Crippen LogP contribution in [0, 0.1) is 0 Å². The molecule has 2 aromatic rings. The van der Waals surface area contributed by atoms with Gasteiger partial charge in [0.1, 0.15) is 5.75 Å². The van der Waals surface area contributed by atoms with Crippen LogP contribution in [0.15, 0.2) is 42.6 Å². The predicted octanol–water partition coefficient (Wildman–Crippen LogP) is 3.12. The van der Waals surface area contributed by atoms with Crippen molar-refractivity contribution in [2.45, 2.75) is 19.9 Å². The van der Waals surface area contributed by atoms with Gasteiger partial charge in [-0.2, -0.15) is 0 Å². The van der Waals surface area contributed by atoms with Gasteiger partial charge in [-0.15, -0.1) is 0 Å². The van der Waals surface area contributed by atoms with Crippen LogP contribution in [0.25, 0.3) is 0 Å². The van der Waals surface area contributed by atoms with E-state index in [-0.39, 0.29) is 0 Å². The third-order valence-electron chi connectivity index (χ3n) is 2.55. The first-order valence-corrected chi connectivity index (χ1v) is 6.38. The molecule has 100 valence electrons. The van der Waals surface area contributed by atoms with Crippen molar-refractivity contribution in [3.05, 3.63) is 48.3 Å². The SMILES string of the molecule is CCCOc1ccccc1Oc1ccc(CN)nc1. The van der Waals surface area contributed by atoms with Crippen molar-refractivity contribution in [2.75, 3.05) is 6.61 Å². The van der Waals surface area contributed by atoms with Crippen LogP contribution in [-0.4, -0.2) is 11.6 Å². The molecule has 2 N–H and O–H groups in total. The lowest BCUT2D eigenvalue weighted by molar-refractivity contribution is 0.302. The van der Waals surface area contributed by atoms with Crippen LogP contribution < -0.4 is 15.2 Å². The quantitative estimate of drug-likeness (QED) is 0.864. The maximum atomic E-state index is 5.78. The fourth-order valence-corrected chi connectivity index (χ4v) is 1.58. The largest absolute Gasteiger partial charge is 0.490 e. The lowest BCUT2D eigenvalue weighted by Crippen LogP contribution is -1.99. The zero-order chi connectivity index (χ0) is 13.5. The molecule has 0 saturated heterocycles. The molecule has 19 heavy (non-hydrogen) atoms. The summed E-state index contributed by atoms with van der Waals surface area (Å²) in [5.41, 5.74) is 6.34. The molecule has 1 heterocycles. The van der Waals surface area contributed by atoms with E-state index in [1.807, 2.05) is 36.4 Å². The summed E-state index contributed by atoms with van der Waals surface area (Å²) >= 11 is 0. The first-order valence-electron chi connectivity index (χ1n) is 6.38. The molecule has 4 nitrogen and oxygen atoms in total. The van der Waals surface area contributed by atoms with Gasteiger partial charge in [0.25, 0.3) is 0 Å². The Balaban J connectivity index is 2.12. The summed E-state index contributed by atoms with van der Waals surface area (Å²) < 4.78 is 11.4. The summed E-state index contributed by atoms with van der Waals surface area (Å²) in [6, 6.07) is 11.3. The lowest BCUT2D eigenvalue weighted by atomic mass is 10.3. The van der Waals surface area contributed by atoms with E-state index < -0.39 is 0 Å². The molecule has 1 aromatic heterocycles. The Bertz CT molecular complexity index is 512. The van der Waals surface area contributed by atoms with Crippen molar-refractivity contribution >= 4 is 0 Å². The second-order valence-corrected chi connectivity index (χ2v) is 4.09. The number of aromatic nitrogens is 1. The number of ether oxygens (including phenoxy) is 2. The third kappa shape index (κ3) is 3.69. The summed E-state index contributed by atoms with van der Waals surface area (Å²) in [5.74, 6) is 2.11. The second kappa shape index (κ2) is 6.75. The van der Waals surface area contributed by atoms with Crippen LogP contribution in [0.3, 0.4) is 0 Å². The molecule has 0 atom stereocenters. The fraction of sp³-hybridized carbons (Fsp3) is 0.267.